The van der Waals surface area contributed by atoms with Crippen molar-refractivity contribution < 1.29 is 14.3 Å². The van der Waals surface area contributed by atoms with Crippen molar-refractivity contribution in [2.45, 2.75) is 39.4 Å². The standard InChI is InChI=1S/C19H20N4O3/c1-11-4-3-5-13(6-11)18-22-15(12(2)26-18)8-23-9-16-14(20-10-21-16)7-17(23)19(24)25/h3-6,10,17H,7-9H2,1-2H3,(H,20,21)(H,24,25)/t17-/m0/s1. The average Bonchev–Trinajstić information content (AvgIpc) is 3.20. The van der Waals surface area contributed by atoms with Gasteiger partial charge in [-0.3, -0.25) is 9.69 Å². The molecule has 134 valence electrons. The number of hydrogen-bond donors (Lipinski definition) is 2. The molecule has 1 aliphatic rings. The van der Waals surface area contributed by atoms with Crippen molar-refractivity contribution in [2.75, 3.05) is 0 Å². The Labute approximate surface area is 150 Å². The zero-order valence-corrected chi connectivity index (χ0v) is 14.7. The number of nitrogens with one attached hydrogen (secondary N) is 1. The van der Waals surface area contributed by atoms with Gasteiger partial charge >= 0.3 is 5.97 Å². The highest BCUT2D eigenvalue weighted by Gasteiger charge is 2.33. The number of benzene rings is 1. The number of oxazole rings is 1. The van der Waals surface area contributed by atoms with Gasteiger partial charge in [0.15, 0.2) is 0 Å². The second-order valence-electron chi connectivity index (χ2n) is 6.68. The lowest BCUT2D eigenvalue weighted by Gasteiger charge is -2.31. The molecule has 4 rings (SSSR count). The van der Waals surface area contributed by atoms with Gasteiger partial charge in [0.1, 0.15) is 11.8 Å². The third-order valence-electron chi connectivity index (χ3n) is 4.79. The first-order valence-electron chi connectivity index (χ1n) is 8.52. The van der Waals surface area contributed by atoms with E-state index < -0.39 is 12.0 Å². The maximum Gasteiger partial charge on any atom is 0.321 e. The van der Waals surface area contributed by atoms with Gasteiger partial charge in [-0.05, 0) is 26.0 Å². The number of imidazole rings is 1. The maximum absolute atomic E-state index is 11.7. The summed E-state index contributed by atoms with van der Waals surface area (Å²) in [4.78, 5) is 25.6. The van der Waals surface area contributed by atoms with Gasteiger partial charge in [0.05, 0.1) is 23.4 Å². The van der Waals surface area contributed by atoms with Gasteiger partial charge in [0.25, 0.3) is 0 Å². The van der Waals surface area contributed by atoms with E-state index in [0.29, 0.717) is 31.2 Å². The molecular formula is C19H20N4O3. The molecule has 2 N–H and O–H groups in total. The second-order valence-corrected chi connectivity index (χ2v) is 6.68. The zero-order valence-electron chi connectivity index (χ0n) is 14.7. The van der Waals surface area contributed by atoms with E-state index in [1.165, 1.54) is 0 Å². The van der Waals surface area contributed by atoms with Gasteiger partial charge in [-0.2, -0.15) is 0 Å². The Kier molecular flexibility index (Phi) is 4.08. The summed E-state index contributed by atoms with van der Waals surface area (Å²) in [5.41, 5.74) is 4.60. The number of aliphatic carboxylic acids is 1. The summed E-state index contributed by atoms with van der Waals surface area (Å²) in [7, 11) is 0. The van der Waals surface area contributed by atoms with Gasteiger partial charge in [0, 0.05) is 25.1 Å². The van der Waals surface area contributed by atoms with Gasteiger partial charge in [-0.25, -0.2) is 9.97 Å². The molecule has 26 heavy (non-hydrogen) atoms. The number of aryl methyl sites for hydroxylation is 2. The molecule has 0 unspecified atom stereocenters. The summed E-state index contributed by atoms with van der Waals surface area (Å²) in [5.74, 6) is 0.423. The minimum Gasteiger partial charge on any atom is -0.480 e. The SMILES string of the molecule is Cc1cccc(-c2nc(CN3Cc4[nH]cnc4C[C@H]3C(=O)O)c(C)o2)c1. The lowest BCUT2D eigenvalue weighted by atomic mass is 10.0. The van der Waals surface area contributed by atoms with Crippen LogP contribution >= 0.6 is 0 Å². The Morgan fingerprint density at radius 2 is 2.27 bits per heavy atom. The molecule has 3 aromatic rings. The highest BCUT2D eigenvalue weighted by Crippen LogP contribution is 2.27. The number of nitrogens with zero attached hydrogens (tertiary/aromatic N) is 3. The molecule has 0 radical (unpaired) electrons. The molecule has 1 aliphatic heterocycles. The van der Waals surface area contributed by atoms with Crippen LogP contribution in [0, 0.1) is 13.8 Å². The number of fused-ring (bicyclic) bond motifs is 1. The zero-order chi connectivity index (χ0) is 18.3. The molecule has 0 fully saturated rings. The third kappa shape index (κ3) is 3.01. The van der Waals surface area contributed by atoms with E-state index in [1.807, 2.05) is 43.0 Å². The van der Waals surface area contributed by atoms with Crippen LogP contribution in [-0.2, 0) is 24.3 Å². The Hall–Kier alpha value is -2.93. The van der Waals surface area contributed by atoms with Crippen molar-refractivity contribution in [3.8, 4) is 11.5 Å². The van der Waals surface area contributed by atoms with Crippen molar-refractivity contribution in [3.63, 3.8) is 0 Å². The molecule has 1 atom stereocenters. The third-order valence-corrected chi connectivity index (χ3v) is 4.79. The number of carboxylic acids is 1. The number of H-pyrrole nitrogens is 1. The number of aromatic nitrogens is 3. The quantitative estimate of drug-likeness (QED) is 0.749. The normalized spacial score (nSPS) is 17.2. The van der Waals surface area contributed by atoms with E-state index in [2.05, 4.69) is 15.0 Å². The summed E-state index contributed by atoms with van der Waals surface area (Å²) in [5, 5.41) is 9.61. The Morgan fingerprint density at radius 3 is 3.04 bits per heavy atom. The molecule has 1 aromatic carbocycles. The number of carboxylic acid groups (broad SMARTS) is 1. The molecule has 0 saturated heterocycles. The van der Waals surface area contributed by atoms with Crippen LogP contribution in [0.15, 0.2) is 35.0 Å². The number of carbonyl (C=O) groups is 1. The monoisotopic (exact) mass is 352 g/mol. The van der Waals surface area contributed by atoms with Crippen LogP contribution in [0.4, 0.5) is 0 Å². The van der Waals surface area contributed by atoms with E-state index in [0.717, 1.165) is 28.2 Å². The number of hydrogen-bond acceptors (Lipinski definition) is 5. The fourth-order valence-corrected chi connectivity index (χ4v) is 3.37. The van der Waals surface area contributed by atoms with E-state index >= 15 is 0 Å². The van der Waals surface area contributed by atoms with E-state index in [-0.39, 0.29) is 0 Å². The molecule has 0 aliphatic carbocycles. The highest BCUT2D eigenvalue weighted by atomic mass is 16.4. The minimum atomic E-state index is -0.848. The first-order chi connectivity index (χ1) is 12.5. The molecule has 2 aromatic heterocycles. The lowest BCUT2D eigenvalue weighted by molar-refractivity contribution is -0.144. The lowest BCUT2D eigenvalue weighted by Crippen LogP contribution is -2.45. The van der Waals surface area contributed by atoms with Crippen LogP contribution in [0.25, 0.3) is 11.5 Å². The summed E-state index contributed by atoms with van der Waals surface area (Å²) in [6, 6.07) is 7.35. The molecular weight excluding hydrogens is 332 g/mol. The fourth-order valence-electron chi connectivity index (χ4n) is 3.37. The van der Waals surface area contributed by atoms with Crippen LogP contribution < -0.4 is 0 Å². The highest BCUT2D eigenvalue weighted by molar-refractivity contribution is 5.74. The smallest absolute Gasteiger partial charge is 0.321 e. The predicted molar refractivity (Wildman–Crippen MR) is 94.4 cm³/mol. The average molecular weight is 352 g/mol. The molecule has 0 amide bonds. The summed E-state index contributed by atoms with van der Waals surface area (Å²) >= 11 is 0. The van der Waals surface area contributed by atoms with E-state index in [9.17, 15) is 9.90 Å². The molecule has 0 saturated carbocycles. The second kappa shape index (κ2) is 6.42. The molecule has 7 heteroatoms. The molecule has 7 nitrogen and oxygen atoms in total. The minimum absolute atomic E-state index is 0.385. The molecule has 3 heterocycles. The van der Waals surface area contributed by atoms with Gasteiger partial charge in [0.2, 0.25) is 5.89 Å². The van der Waals surface area contributed by atoms with Crippen LogP contribution in [0.5, 0.6) is 0 Å². The molecule has 0 bridgehead atoms. The maximum atomic E-state index is 11.7. The summed E-state index contributed by atoms with van der Waals surface area (Å²) in [6.07, 6.45) is 2.00. The largest absolute Gasteiger partial charge is 0.480 e. The van der Waals surface area contributed by atoms with Crippen molar-refractivity contribution >= 4 is 5.97 Å². The topological polar surface area (TPSA) is 95.2 Å². The van der Waals surface area contributed by atoms with E-state index in [1.54, 1.807) is 6.33 Å². The van der Waals surface area contributed by atoms with Gasteiger partial charge < -0.3 is 14.5 Å². The summed E-state index contributed by atoms with van der Waals surface area (Å²) in [6.45, 7) is 4.80. The number of aromatic amines is 1. The van der Waals surface area contributed by atoms with Crippen molar-refractivity contribution in [1.29, 1.82) is 0 Å². The Morgan fingerprint density at radius 1 is 1.42 bits per heavy atom. The fraction of sp³-hybridized carbons (Fsp3) is 0.316. The Bertz CT molecular complexity index is 959. The first-order valence-corrected chi connectivity index (χ1v) is 8.52. The van der Waals surface area contributed by atoms with Crippen molar-refractivity contribution in [1.82, 2.24) is 19.9 Å². The van der Waals surface area contributed by atoms with Gasteiger partial charge in [-0.1, -0.05) is 17.7 Å². The van der Waals surface area contributed by atoms with E-state index in [4.69, 9.17) is 4.42 Å². The van der Waals surface area contributed by atoms with Crippen molar-refractivity contribution in [2.24, 2.45) is 0 Å². The predicted octanol–water partition coefficient (Wildman–Crippen LogP) is 2.69. The Balaban J connectivity index is 1.61. The number of rotatable bonds is 4. The van der Waals surface area contributed by atoms with Crippen LogP contribution in [-0.4, -0.2) is 37.0 Å². The van der Waals surface area contributed by atoms with Crippen molar-refractivity contribution in [3.05, 3.63) is 59.0 Å². The van der Waals surface area contributed by atoms with Crippen LogP contribution in [0.3, 0.4) is 0 Å². The summed E-state index contributed by atoms with van der Waals surface area (Å²) < 4.78 is 5.84. The van der Waals surface area contributed by atoms with Crippen LogP contribution in [0.1, 0.15) is 28.4 Å². The molecule has 0 spiro atoms. The first kappa shape index (κ1) is 16.5. The van der Waals surface area contributed by atoms with Crippen LogP contribution in [0.2, 0.25) is 0 Å². The van der Waals surface area contributed by atoms with Gasteiger partial charge in [-0.15, -0.1) is 0 Å².